The largest absolute Gasteiger partial charge is 0.495 e. The smallest absolute Gasteiger partial charge is 0.255 e. The number of rotatable bonds is 5. The Hall–Kier alpha value is -2.45. The van der Waals surface area contributed by atoms with Crippen molar-refractivity contribution in [3.63, 3.8) is 0 Å². The van der Waals surface area contributed by atoms with Gasteiger partial charge in [-0.05, 0) is 68.7 Å². The van der Waals surface area contributed by atoms with Crippen molar-refractivity contribution in [1.29, 1.82) is 0 Å². The molecule has 1 saturated heterocycles. The van der Waals surface area contributed by atoms with Crippen LogP contribution in [-0.2, 0) is 10.0 Å². The van der Waals surface area contributed by atoms with E-state index < -0.39 is 21.7 Å². The Morgan fingerprint density at radius 3 is 2.62 bits per heavy atom. The van der Waals surface area contributed by atoms with Crippen molar-refractivity contribution in [2.75, 3.05) is 19.0 Å². The molecular formula is C21H25FN2O4S. The molecule has 156 valence electrons. The van der Waals surface area contributed by atoms with E-state index in [9.17, 15) is 17.6 Å². The highest BCUT2D eigenvalue weighted by atomic mass is 32.2. The molecule has 0 aromatic heterocycles. The van der Waals surface area contributed by atoms with Gasteiger partial charge in [0.1, 0.15) is 16.5 Å². The third-order valence-electron chi connectivity index (χ3n) is 5.19. The molecule has 29 heavy (non-hydrogen) atoms. The second kappa shape index (κ2) is 8.51. The van der Waals surface area contributed by atoms with E-state index >= 15 is 0 Å². The number of anilines is 1. The van der Waals surface area contributed by atoms with Crippen LogP contribution in [0.3, 0.4) is 0 Å². The molecule has 1 fully saturated rings. The minimum Gasteiger partial charge on any atom is -0.495 e. The first kappa shape index (κ1) is 21.3. The van der Waals surface area contributed by atoms with Crippen LogP contribution in [0.2, 0.25) is 0 Å². The fraction of sp³-hybridized carbons (Fsp3) is 0.381. The molecule has 1 aliphatic rings. The minimum atomic E-state index is -3.82. The molecule has 0 unspecified atom stereocenters. The zero-order chi connectivity index (χ0) is 21.2. The molecular weight excluding hydrogens is 395 g/mol. The van der Waals surface area contributed by atoms with Crippen LogP contribution >= 0.6 is 0 Å². The standard InChI is InChI=1S/C21H25FN2O4S/c1-14-12-17(22)8-9-18(14)23-21(25)16-7-10-19(28-3)20(13-16)29(26,27)24-11-5-4-6-15(24)2/h7-10,12-13,15H,4-6,11H2,1-3H3,(H,23,25)/t15-/m1/s1. The third-order valence-corrected chi connectivity index (χ3v) is 7.23. The summed E-state index contributed by atoms with van der Waals surface area (Å²) in [6.07, 6.45) is 2.59. The summed E-state index contributed by atoms with van der Waals surface area (Å²) in [5, 5.41) is 2.70. The van der Waals surface area contributed by atoms with Crippen LogP contribution in [0.15, 0.2) is 41.3 Å². The molecule has 1 atom stereocenters. The lowest BCUT2D eigenvalue weighted by atomic mass is 10.1. The molecule has 1 amide bonds. The lowest BCUT2D eigenvalue weighted by molar-refractivity contribution is 0.102. The summed E-state index contributed by atoms with van der Waals surface area (Å²) in [5.41, 5.74) is 1.21. The molecule has 1 N–H and O–H groups in total. The topological polar surface area (TPSA) is 75.7 Å². The highest BCUT2D eigenvalue weighted by Crippen LogP contribution is 2.32. The minimum absolute atomic E-state index is 0.0303. The zero-order valence-corrected chi connectivity index (χ0v) is 17.6. The van der Waals surface area contributed by atoms with Gasteiger partial charge in [-0.1, -0.05) is 6.42 Å². The molecule has 8 heteroatoms. The third kappa shape index (κ3) is 4.43. The number of piperidine rings is 1. The van der Waals surface area contributed by atoms with Crippen LogP contribution in [-0.4, -0.2) is 38.3 Å². The number of sulfonamides is 1. The lowest BCUT2D eigenvalue weighted by Gasteiger charge is -2.32. The van der Waals surface area contributed by atoms with Crippen molar-refractivity contribution in [2.24, 2.45) is 0 Å². The van der Waals surface area contributed by atoms with Gasteiger partial charge in [0.05, 0.1) is 7.11 Å². The summed E-state index contributed by atoms with van der Waals surface area (Å²) < 4.78 is 46.6. The number of hydrogen-bond donors (Lipinski definition) is 1. The predicted octanol–water partition coefficient (Wildman–Crippen LogP) is 3.96. The van der Waals surface area contributed by atoms with Crippen LogP contribution < -0.4 is 10.1 Å². The monoisotopic (exact) mass is 420 g/mol. The molecule has 0 bridgehead atoms. The second-order valence-corrected chi connectivity index (χ2v) is 9.10. The van der Waals surface area contributed by atoms with E-state index in [0.717, 1.165) is 19.3 Å². The van der Waals surface area contributed by atoms with Gasteiger partial charge in [0.15, 0.2) is 0 Å². The molecule has 2 aromatic rings. The summed E-state index contributed by atoms with van der Waals surface area (Å²) in [6, 6.07) is 8.25. The lowest BCUT2D eigenvalue weighted by Crippen LogP contribution is -2.42. The Balaban J connectivity index is 1.95. The van der Waals surface area contributed by atoms with Crippen molar-refractivity contribution in [3.05, 3.63) is 53.3 Å². The average Bonchev–Trinajstić information content (AvgIpc) is 2.69. The van der Waals surface area contributed by atoms with E-state index in [2.05, 4.69) is 5.32 Å². The van der Waals surface area contributed by atoms with Gasteiger partial charge in [-0.3, -0.25) is 4.79 Å². The molecule has 1 aliphatic heterocycles. The van der Waals surface area contributed by atoms with E-state index in [0.29, 0.717) is 17.8 Å². The molecule has 0 aliphatic carbocycles. The van der Waals surface area contributed by atoms with E-state index in [-0.39, 0.29) is 22.3 Å². The Labute approximate surface area is 170 Å². The van der Waals surface area contributed by atoms with Gasteiger partial charge in [-0.2, -0.15) is 4.31 Å². The number of ether oxygens (including phenoxy) is 1. The fourth-order valence-corrected chi connectivity index (χ4v) is 5.42. The Morgan fingerprint density at radius 1 is 1.21 bits per heavy atom. The van der Waals surface area contributed by atoms with Gasteiger partial charge < -0.3 is 10.1 Å². The normalized spacial score (nSPS) is 17.7. The van der Waals surface area contributed by atoms with Gasteiger partial charge in [0, 0.05) is 23.8 Å². The van der Waals surface area contributed by atoms with E-state index in [1.165, 1.54) is 47.8 Å². The fourth-order valence-electron chi connectivity index (χ4n) is 3.54. The van der Waals surface area contributed by atoms with E-state index in [4.69, 9.17) is 4.74 Å². The maximum absolute atomic E-state index is 13.3. The van der Waals surface area contributed by atoms with Crippen LogP contribution in [0.4, 0.5) is 10.1 Å². The van der Waals surface area contributed by atoms with Crippen molar-refractivity contribution in [3.8, 4) is 5.75 Å². The molecule has 0 spiro atoms. The summed E-state index contributed by atoms with van der Waals surface area (Å²) in [4.78, 5) is 12.7. The maximum atomic E-state index is 13.3. The number of benzene rings is 2. The second-order valence-electron chi connectivity index (χ2n) is 7.24. The molecule has 1 heterocycles. The quantitative estimate of drug-likeness (QED) is 0.795. The number of carbonyl (C=O) groups excluding carboxylic acids is 1. The van der Waals surface area contributed by atoms with Gasteiger partial charge in [-0.25, -0.2) is 12.8 Å². The van der Waals surface area contributed by atoms with E-state index in [1.807, 2.05) is 6.92 Å². The number of halogens is 1. The summed E-state index contributed by atoms with van der Waals surface area (Å²) in [7, 11) is -2.42. The molecule has 3 rings (SSSR count). The van der Waals surface area contributed by atoms with Gasteiger partial charge in [-0.15, -0.1) is 0 Å². The van der Waals surface area contributed by atoms with Crippen LogP contribution in [0.1, 0.15) is 42.1 Å². The first-order valence-corrected chi connectivity index (χ1v) is 11.0. The highest BCUT2D eigenvalue weighted by Gasteiger charge is 2.33. The summed E-state index contributed by atoms with van der Waals surface area (Å²) >= 11 is 0. The Morgan fingerprint density at radius 2 is 1.97 bits per heavy atom. The van der Waals surface area contributed by atoms with Crippen molar-refractivity contribution in [1.82, 2.24) is 4.31 Å². The van der Waals surface area contributed by atoms with Gasteiger partial charge in [0.2, 0.25) is 10.0 Å². The number of carbonyl (C=O) groups is 1. The number of amides is 1. The summed E-state index contributed by atoms with van der Waals surface area (Å²) in [5.74, 6) is -0.684. The first-order valence-electron chi connectivity index (χ1n) is 9.51. The number of nitrogens with zero attached hydrogens (tertiary/aromatic N) is 1. The Kier molecular flexibility index (Phi) is 6.24. The predicted molar refractivity (Wildman–Crippen MR) is 109 cm³/mol. The van der Waals surface area contributed by atoms with Crippen LogP contribution in [0.5, 0.6) is 5.75 Å². The number of aryl methyl sites for hydroxylation is 1. The number of methoxy groups -OCH3 is 1. The van der Waals surface area contributed by atoms with Gasteiger partial charge >= 0.3 is 0 Å². The highest BCUT2D eigenvalue weighted by molar-refractivity contribution is 7.89. The Bertz CT molecular complexity index is 1020. The van der Waals surface area contributed by atoms with Crippen LogP contribution in [0, 0.1) is 12.7 Å². The molecule has 0 saturated carbocycles. The maximum Gasteiger partial charge on any atom is 0.255 e. The first-order chi connectivity index (χ1) is 13.7. The van der Waals surface area contributed by atoms with E-state index in [1.54, 1.807) is 6.92 Å². The van der Waals surface area contributed by atoms with Crippen molar-refractivity contribution >= 4 is 21.6 Å². The molecule has 2 aromatic carbocycles. The average molecular weight is 421 g/mol. The van der Waals surface area contributed by atoms with Crippen LogP contribution in [0.25, 0.3) is 0 Å². The van der Waals surface area contributed by atoms with Crippen molar-refractivity contribution < 1.29 is 22.3 Å². The number of nitrogens with one attached hydrogen (secondary N) is 1. The number of hydrogen-bond acceptors (Lipinski definition) is 4. The zero-order valence-electron chi connectivity index (χ0n) is 16.7. The van der Waals surface area contributed by atoms with Crippen molar-refractivity contribution in [2.45, 2.75) is 44.0 Å². The van der Waals surface area contributed by atoms with Gasteiger partial charge in [0.25, 0.3) is 5.91 Å². The molecule has 6 nitrogen and oxygen atoms in total. The SMILES string of the molecule is COc1ccc(C(=O)Nc2ccc(F)cc2C)cc1S(=O)(=O)N1CCCC[C@H]1C. The molecule has 0 radical (unpaired) electrons. The summed E-state index contributed by atoms with van der Waals surface area (Å²) in [6.45, 7) is 4.01.